The highest BCUT2D eigenvalue weighted by Crippen LogP contribution is 2.26. The molecule has 2 aliphatic rings. The number of aromatic nitrogens is 3. The van der Waals surface area contributed by atoms with Gasteiger partial charge in [0, 0.05) is 42.5 Å². The highest BCUT2D eigenvalue weighted by atomic mass is 35.5. The second-order valence-corrected chi connectivity index (χ2v) is 10.7. The van der Waals surface area contributed by atoms with Crippen molar-refractivity contribution in [3.05, 3.63) is 58.1 Å². The van der Waals surface area contributed by atoms with E-state index in [1.165, 1.54) is 18.9 Å². The first-order chi connectivity index (χ1) is 18.9. The van der Waals surface area contributed by atoms with Crippen molar-refractivity contribution in [2.24, 2.45) is 0 Å². The number of nitrogens with zero attached hydrogens (tertiary/aromatic N) is 5. The van der Waals surface area contributed by atoms with E-state index in [9.17, 15) is 9.59 Å². The Hall–Kier alpha value is -3.43. The van der Waals surface area contributed by atoms with Crippen molar-refractivity contribution in [3.63, 3.8) is 0 Å². The molecule has 204 valence electrons. The zero-order valence-corrected chi connectivity index (χ0v) is 23.1. The van der Waals surface area contributed by atoms with E-state index in [2.05, 4.69) is 20.4 Å². The summed E-state index contributed by atoms with van der Waals surface area (Å²) in [6.07, 6.45) is 6.68. The number of ketones is 1. The van der Waals surface area contributed by atoms with Gasteiger partial charge < -0.3 is 20.4 Å². The van der Waals surface area contributed by atoms with Gasteiger partial charge in [-0.25, -0.2) is 0 Å². The predicted molar refractivity (Wildman–Crippen MR) is 156 cm³/mol. The maximum atomic E-state index is 12.7. The fraction of sp³-hybridized carbons (Fsp3) is 0.393. The number of piperidine rings is 2. The van der Waals surface area contributed by atoms with E-state index in [4.69, 9.17) is 38.2 Å². The zero-order chi connectivity index (χ0) is 27.2. The van der Waals surface area contributed by atoms with Crippen molar-refractivity contribution in [1.29, 1.82) is 0 Å². The number of carbonyl (C=O) groups is 2. The number of carbonyl (C=O) groups excluding carboxylic acids is 2. The molecule has 0 bridgehead atoms. The zero-order valence-electron chi connectivity index (χ0n) is 21.6. The van der Waals surface area contributed by atoms with E-state index in [1.54, 1.807) is 36.4 Å². The number of hydrogen-bond donors (Lipinski definition) is 2. The van der Waals surface area contributed by atoms with Gasteiger partial charge in [0.05, 0.1) is 17.1 Å². The summed E-state index contributed by atoms with van der Waals surface area (Å²) in [4.78, 5) is 43.8. The third kappa shape index (κ3) is 7.16. The SMILES string of the molecule is O=C(CC(=O)c1ccc(Nc2nc(N3CCCCC3)nc(N3CCCCC3)n2)cc1)Nc1ccc(Cl)cc1Cl. The molecule has 2 saturated heterocycles. The van der Waals surface area contributed by atoms with Crippen molar-refractivity contribution in [3.8, 4) is 0 Å². The summed E-state index contributed by atoms with van der Waals surface area (Å²) in [7, 11) is 0. The fourth-order valence-corrected chi connectivity index (χ4v) is 5.24. The second-order valence-electron chi connectivity index (χ2n) is 9.83. The fourth-order valence-electron chi connectivity index (χ4n) is 4.78. The summed E-state index contributed by atoms with van der Waals surface area (Å²) in [6.45, 7) is 3.77. The Morgan fingerprint density at radius 2 is 1.36 bits per heavy atom. The minimum Gasteiger partial charge on any atom is -0.341 e. The molecule has 11 heteroatoms. The Kier molecular flexibility index (Phi) is 8.78. The van der Waals surface area contributed by atoms with Gasteiger partial charge in [-0.15, -0.1) is 0 Å². The molecule has 2 aromatic carbocycles. The molecule has 0 unspecified atom stereocenters. The van der Waals surface area contributed by atoms with Crippen LogP contribution < -0.4 is 20.4 Å². The van der Waals surface area contributed by atoms with Crippen molar-refractivity contribution in [1.82, 2.24) is 15.0 Å². The van der Waals surface area contributed by atoms with Gasteiger partial charge in [0.15, 0.2) is 5.78 Å². The molecule has 0 aliphatic carbocycles. The summed E-state index contributed by atoms with van der Waals surface area (Å²) in [5, 5.41) is 6.71. The summed E-state index contributed by atoms with van der Waals surface area (Å²) in [5.74, 6) is 1.12. The average molecular weight is 569 g/mol. The van der Waals surface area contributed by atoms with Gasteiger partial charge in [0.2, 0.25) is 23.8 Å². The Morgan fingerprint density at radius 3 is 1.92 bits per heavy atom. The number of halogens is 2. The molecule has 2 fully saturated rings. The molecule has 0 spiro atoms. The van der Waals surface area contributed by atoms with Gasteiger partial charge in [-0.3, -0.25) is 9.59 Å². The third-order valence-corrected chi connectivity index (χ3v) is 7.43. The first kappa shape index (κ1) is 27.1. The molecule has 39 heavy (non-hydrogen) atoms. The quantitative estimate of drug-likeness (QED) is 0.248. The third-order valence-electron chi connectivity index (χ3n) is 6.88. The Bertz CT molecular complexity index is 1290. The normalized spacial score (nSPS) is 15.6. The lowest BCUT2D eigenvalue weighted by atomic mass is 10.1. The molecule has 2 N–H and O–H groups in total. The van der Waals surface area contributed by atoms with Crippen molar-refractivity contribution in [2.45, 2.75) is 44.9 Å². The Morgan fingerprint density at radius 1 is 0.769 bits per heavy atom. The molecule has 1 amide bonds. The molecule has 5 rings (SSSR count). The van der Waals surface area contributed by atoms with E-state index >= 15 is 0 Å². The minimum absolute atomic E-state index is 0.302. The van der Waals surface area contributed by atoms with Crippen molar-refractivity contribution < 1.29 is 9.59 Å². The van der Waals surface area contributed by atoms with Crippen LogP contribution in [0.5, 0.6) is 0 Å². The van der Waals surface area contributed by atoms with E-state index in [1.807, 2.05) is 0 Å². The summed E-state index contributed by atoms with van der Waals surface area (Å²) < 4.78 is 0. The lowest BCUT2D eigenvalue weighted by molar-refractivity contribution is -0.115. The number of benzene rings is 2. The van der Waals surface area contributed by atoms with Crippen LogP contribution in [-0.4, -0.2) is 52.8 Å². The van der Waals surface area contributed by atoms with Crippen LogP contribution >= 0.6 is 23.2 Å². The molecule has 1 aromatic heterocycles. The summed E-state index contributed by atoms with van der Waals surface area (Å²) in [5.41, 5.74) is 1.57. The smallest absolute Gasteiger partial charge is 0.233 e. The van der Waals surface area contributed by atoms with Crippen molar-refractivity contribution in [2.75, 3.05) is 46.6 Å². The van der Waals surface area contributed by atoms with Crippen LogP contribution in [0, 0.1) is 0 Å². The van der Waals surface area contributed by atoms with Crippen LogP contribution in [0.15, 0.2) is 42.5 Å². The number of anilines is 5. The van der Waals surface area contributed by atoms with Crippen LogP contribution in [0.25, 0.3) is 0 Å². The molecule has 0 saturated carbocycles. The van der Waals surface area contributed by atoms with Gasteiger partial charge in [-0.2, -0.15) is 15.0 Å². The second kappa shape index (κ2) is 12.6. The lowest BCUT2D eigenvalue weighted by Crippen LogP contribution is -2.34. The largest absolute Gasteiger partial charge is 0.341 e. The number of hydrogen-bond acceptors (Lipinski definition) is 8. The maximum Gasteiger partial charge on any atom is 0.233 e. The van der Waals surface area contributed by atoms with E-state index in [-0.39, 0.29) is 12.2 Å². The average Bonchev–Trinajstić information content (AvgIpc) is 2.96. The highest BCUT2D eigenvalue weighted by molar-refractivity contribution is 6.36. The molecule has 9 nitrogen and oxygen atoms in total. The van der Waals surface area contributed by atoms with Crippen LogP contribution in [-0.2, 0) is 4.79 Å². The van der Waals surface area contributed by atoms with Crippen LogP contribution in [0.1, 0.15) is 55.3 Å². The van der Waals surface area contributed by atoms with Gasteiger partial charge in [0.25, 0.3) is 0 Å². The molecule has 2 aliphatic heterocycles. The van der Waals surface area contributed by atoms with Crippen LogP contribution in [0.4, 0.5) is 29.2 Å². The Balaban J connectivity index is 1.26. The van der Waals surface area contributed by atoms with Gasteiger partial charge >= 0.3 is 0 Å². The lowest BCUT2D eigenvalue weighted by Gasteiger charge is -2.30. The van der Waals surface area contributed by atoms with E-state index in [0.29, 0.717) is 39.1 Å². The monoisotopic (exact) mass is 567 g/mol. The number of rotatable bonds is 8. The standard InChI is InChI=1S/C28H31Cl2N7O2/c29-20-9-12-23(22(30)17-20)32-25(39)18-24(38)19-7-10-21(11-8-19)31-26-33-27(36-13-3-1-4-14-36)35-28(34-26)37-15-5-2-6-16-37/h7-12,17H,1-6,13-16,18H2,(H,32,39)(H,31,33,34,35). The first-order valence-electron chi connectivity index (χ1n) is 13.4. The topological polar surface area (TPSA) is 103 Å². The molecule has 3 heterocycles. The van der Waals surface area contributed by atoms with Gasteiger partial charge in [-0.1, -0.05) is 23.2 Å². The predicted octanol–water partition coefficient (Wildman–Crippen LogP) is 6.11. The highest BCUT2D eigenvalue weighted by Gasteiger charge is 2.21. The van der Waals surface area contributed by atoms with E-state index < -0.39 is 5.91 Å². The molecule has 0 atom stereocenters. The molecular weight excluding hydrogens is 537 g/mol. The number of Topliss-reactive ketones (excluding diaryl/α,β-unsaturated/α-hetero) is 1. The van der Waals surface area contributed by atoms with Crippen LogP contribution in [0.2, 0.25) is 10.0 Å². The Labute approximate surface area is 237 Å². The minimum atomic E-state index is -0.452. The number of nitrogens with one attached hydrogen (secondary N) is 2. The summed E-state index contributed by atoms with van der Waals surface area (Å²) >= 11 is 12.0. The first-order valence-corrected chi connectivity index (χ1v) is 14.1. The van der Waals surface area contributed by atoms with E-state index in [0.717, 1.165) is 57.5 Å². The van der Waals surface area contributed by atoms with Gasteiger partial charge in [0.1, 0.15) is 0 Å². The molecule has 0 radical (unpaired) electrons. The molecular formula is C28H31Cl2N7O2. The number of amides is 1. The van der Waals surface area contributed by atoms with Crippen LogP contribution in [0.3, 0.4) is 0 Å². The van der Waals surface area contributed by atoms with Gasteiger partial charge in [-0.05, 0) is 81.0 Å². The molecule has 3 aromatic rings. The maximum absolute atomic E-state index is 12.7. The van der Waals surface area contributed by atoms with Crippen molar-refractivity contribution >= 4 is 64.1 Å². The summed E-state index contributed by atoms with van der Waals surface area (Å²) in [6, 6.07) is 11.7.